The average molecular weight is 283 g/mol. The van der Waals surface area contributed by atoms with Crippen molar-refractivity contribution in [3.05, 3.63) is 23.2 Å². The molecule has 0 spiro atoms. The number of ether oxygens (including phenoxy) is 1. The van der Waals surface area contributed by atoms with Gasteiger partial charge >= 0.3 is 0 Å². The lowest BCUT2D eigenvalue weighted by molar-refractivity contribution is -0.116. The highest BCUT2D eigenvalue weighted by molar-refractivity contribution is 6.33. The van der Waals surface area contributed by atoms with Crippen LogP contribution in [-0.4, -0.2) is 18.6 Å². The second kappa shape index (κ2) is 6.78. The predicted octanol–water partition coefficient (Wildman–Crippen LogP) is 3.21. The van der Waals surface area contributed by atoms with Crippen molar-refractivity contribution in [3.63, 3.8) is 0 Å². The van der Waals surface area contributed by atoms with Gasteiger partial charge in [0.1, 0.15) is 0 Å². The van der Waals surface area contributed by atoms with Crippen molar-refractivity contribution in [1.29, 1.82) is 0 Å². The van der Waals surface area contributed by atoms with Crippen molar-refractivity contribution in [3.8, 4) is 0 Å². The maximum absolute atomic E-state index is 11.7. The third-order valence-corrected chi connectivity index (χ3v) is 3.58. The van der Waals surface area contributed by atoms with Gasteiger partial charge in [-0.25, -0.2) is 0 Å². The molecule has 2 rings (SSSR count). The molecule has 0 aromatic heterocycles. The second-order valence-corrected chi connectivity index (χ2v) is 5.22. The van der Waals surface area contributed by atoms with Crippen molar-refractivity contribution >= 4 is 28.9 Å². The first-order valence-electron chi connectivity index (χ1n) is 6.61. The molecule has 0 radical (unpaired) electrons. The van der Waals surface area contributed by atoms with Crippen LogP contribution in [0.4, 0.5) is 11.4 Å². The Morgan fingerprint density at radius 2 is 2.26 bits per heavy atom. The number of benzene rings is 1. The van der Waals surface area contributed by atoms with E-state index in [0.29, 0.717) is 35.5 Å². The topological polar surface area (TPSA) is 64.3 Å². The minimum Gasteiger partial charge on any atom is -0.397 e. The number of halogens is 1. The number of carbonyl (C=O) groups excluding carboxylic acids is 1. The fourth-order valence-electron chi connectivity index (χ4n) is 1.87. The van der Waals surface area contributed by atoms with Crippen LogP contribution in [0.15, 0.2) is 18.2 Å². The normalized spacial score (nSPS) is 15.0. The maximum Gasteiger partial charge on any atom is 0.224 e. The van der Waals surface area contributed by atoms with E-state index >= 15 is 0 Å². The van der Waals surface area contributed by atoms with E-state index in [0.717, 1.165) is 19.3 Å². The summed E-state index contributed by atoms with van der Waals surface area (Å²) in [4.78, 5) is 11.7. The molecule has 0 atom stereocenters. The van der Waals surface area contributed by atoms with Gasteiger partial charge in [0.15, 0.2) is 0 Å². The summed E-state index contributed by atoms with van der Waals surface area (Å²) in [6, 6.07) is 5.07. The highest BCUT2D eigenvalue weighted by Crippen LogP contribution is 2.23. The Labute approximate surface area is 118 Å². The van der Waals surface area contributed by atoms with Gasteiger partial charge in [-0.2, -0.15) is 0 Å². The number of nitrogens with one attached hydrogen (secondary N) is 1. The zero-order chi connectivity index (χ0) is 13.7. The van der Waals surface area contributed by atoms with Crippen molar-refractivity contribution in [2.75, 3.05) is 17.7 Å². The average Bonchev–Trinajstić information content (AvgIpc) is 2.31. The Morgan fingerprint density at radius 3 is 2.89 bits per heavy atom. The van der Waals surface area contributed by atoms with Crippen molar-refractivity contribution < 1.29 is 9.53 Å². The van der Waals surface area contributed by atoms with E-state index in [2.05, 4.69) is 5.32 Å². The van der Waals surface area contributed by atoms with Gasteiger partial charge in [0, 0.05) is 18.7 Å². The number of amides is 1. The minimum atomic E-state index is -0.0288. The molecule has 3 N–H and O–H groups in total. The van der Waals surface area contributed by atoms with E-state index in [1.54, 1.807) is 18.2 Å². The van der Waals surface area contributed by atoms with Crippen LogP contribution in [0.25, 0.3) is 0 Å². The second-order valence-electron chi connectivity index (χ2n) is 4.81. The van der Waals surface area contributed by atoms with E-state index < -0.39 is 0 Å². The molecule has 0 saturated heterocycles. The molecule has 1 amide bonds. The smallest absolute Gasteiger partial charge is 0.224 e. The highest BCUT2D eigenvalue weighted by atomic mass is 35.5. The zero-order valence-corrected chi connectivity index (χ0v) is 11.6. The molecule has 19 heavy (non-hydrogen) atoms. The molecule has 0 bridgehead atoms. The third-order valence-electron chi connectivity index (χ3n) is 3.23. The van der Waals surface area contributed by atoms with Gasteiger partial charge in [-0.1, -0.05) is 11.6 Å². The SMILES string of the molecule is Nc1cc(NC(=O)CCCOC2CCC2)ccc1Cl. The lowest BCUT2D eigenvalue weighted by atomic mass is 9.96. The molecular weight excluding hydrogens is 264 g/mol. The summed E-state index contributed by atoms with van der Waals surface area (Å²) >= 11 is 5.81. The molecule has 1 aliphatic carbocycles. The molecule has 104 valence electrons. The van der Waals surface area contributed by atoms with Crippen LogP contribution in [0.5, 0.6) is 0 Å². The number of carbonyl (C=O) groups is 1. The van der Waals surface area contributed by atoms with E-state index in [9.17, 15) is 4.79 Å². The van der Waals surface area contributed by atoms with E-state index in [-0.39, 0.29) is 5.91 Å². The quantitative estimate of drug-likeness (QED) is 0.622. The number of nitrogens with two attached hydrogens (primary N) is 1. The summed E-state index contributed by atoms with van der Waals surface area (Å²) in [6.45, 7) is 0.654. The van der Waals surface area contributed by atoms with E-state index in [4.69, 9.17) is 22.1 Å². The van der Waals surface area contributed by atoms with Crippen molar-refractivity contribution in [2.45, 2.75) is 38.2 Å². The summed E-state index contributed by atoms with van der Waals surface area (Å²) in [7, 11) is 0. The number of rotatable bonds is 6. The summed E-state index contributed by atoms with van der Waals surface area (Å²) in [5.74, 6) is -0.0288. The molecule has 5 heteroatoms. The molecule has 1 aliphatic rings. The fraction of sp³-hybridized carbons (Fsp3) is 0.500. The fourth-order valence-corrected chi connectivity index (χ4v) is 1.98. The molecule has 1 saturated carbocycles. The predicted molar refractivity (Wildman–Crippen MR) is 77.3 cm³/mol. The lowest BCUT2D eigenvalue weighted by Gasteiger charge is -2.25. The Hall–Kier alpha value is -1.26. The van der Waals surface area contributed by atoms with Gasteiger partial charge in [0.25, 0.3) is 0 Å². The first-order chi connectivity index (χ1) is 9.15. The molecule has 1 fully saturated rings. The van der Waals surface area contributed by atoms with Crippen molar-refractivity contribution in [1.82, 2.24) is 0 Å². The van der Waals surface area contributed by atoms with Gasteiger partial charge < -0.3 is 15.8 Å². The first-order valence-corrected chi connectivity index (χ1v) is 6.99. The summed E-state index contributed by atoms with van der Waals surface area (Å²) in [6.07, 6.45) is 5.22. The number of nitrogen functional groups attached to an aromatic ring is 1. The van der Waals surface area contributed by atoms with Gasteiger partial charge in [0.05, 0.1) is 16.8 Å². The number of hydrogen-bond acceptors (Lipinski definition) is 3. The molecule has 1 aromatic carbocycles. The zero-order valence-electron chi connectivity index (χ0n) is 10.8. The number of anilines is 2. The third kappa shape index (κ3) is 4.40. The van der Waals surface area contributed by atoms with E-state index in [1.807, 2.05) is 0 Å². The monoisotopic (exact) mass is 282 g/mol. The van der Waals surface area contributed by atoms with Gasteiger partial charge in [-0.3, -0.25) is 4.79 Å². The van der Waals surface area contributed by atoms with E-state index in [1.165, 1.54) is 6.42 Å². The molecule has 1 aromatic rings. The molecule has 0 unspecified atom stereocenters. The molecule has 0 aliphatic heterocycles. The number of hydrogen-bond donors (Lipinski definition) is 2. The van der Waals surface area contributed by atoms with Gasteiger partial charge in [-0.05, 0) is 43.9 Å². The van der Waals surface area contributed by atoms with Gasteiger partial charge in [0.2, 0.25) is 5.91 Å². The maximum atomic E-state index is 11.7. The standard InChI is InChI=1S/C14H19ClN2O2/c15-12-7-6-10(9-13(12)16)17-14(18)5-2-8-19-11-3-1-4-11/h6-7,9,11H,1-5,8,16H2,(H,17,18). The van der Waals surface area contributed by atoms with Crippen molar-refractivity contribution in [2.24, 2.45) is 0 Å². The summed E-state index contributed by atoms with van der Waals surface area (Å²) in [5.41, 5.74) is 6.81. The Morgan fingerprint density at radius 1 is 1.47 bits per heavy atom. The molecular formula is C14H19ClN2O2. The highest BCUT2D eigenvalue weighted by Gasteiger charge is 2.17. The van der Waals surface area contributed by atoms with Crippen LogP contribution in [0, 0.1) is 0 Å². The van der Waals surface area contributed by atoms with Crippen LogP contribution in [0.1, 0.15) is 32.1 Å². The minimum absolute atomic E-state index is 0.0288. The van der Waals surface area contributed by atoms with Crippen LogP contribution in [0.2, 0.25) is 5.02 Å². The Kier molecular flexibility index (Phi) is 5.05. The lowest BCUT2D eigenvalue weighted by Crippen LogP contribution is -2.22. The summed E-state index contributed by atoms with van der Waals surface area (Å²) < 4.78 is 5.60. The Balaban J connectivity index is 1.66. The van der Waals surface area contributed by atoms with Crippen LogP contribution in [0.3, 0.4) is 0 Å². The molecule has 0 heterocycles. The first kappa shape index (κ1) is 14.2. The molecule has 4 nitrogen and oxygen atoms in total. The van der Waals surface area contributed by atoms with Crippen LogP contribution < -0.4 is 11.1 Å². The largest absolute Gasteiger partial charge is 0.397 e. The van der Waals surface area contributed by atoms with Crippen LogP contribution in [-0.2, 0) is 9.53 Å². The Bertz CT molecular complexity index is 447. The van der Waals surface area contributed by atoms with Gasteiger partial charge in [-0.15, -0.1) is 0 Å². The summed E-state index contributed by atoms with van der Waals surface area (Å²) in [5, 5.41) is 3.29. The van der Waals surface area contributed by atoms with Crippen LogP contribution >= 0.6 is 11.6 Å².